The van der Waals surface area contributed by atoms with Gasteiger partial charge in [0.1, 0.15) is 11.5 Å². The van der Waals surface area contributed by atoms with Gasteiger partial charge in [0.15, 0.2) is 11.5 Å². The van der Waals surface area contributed by atoms with E-state index in [-0.39, 0.29) is 17.9 Å². The van der Waals surface area contributed by atoms with Crippen LogP contribution in [0.15, 0.2) is 78.5 Å². The molecule has 2 N–H and O–H groups in total. The molecule has 1 aliphatic heterocycles. The molecule has 5 rings (SSSR count). The van der Waals surface area contributed by atoms with Gasteiger partial charge in [-0.2, -0.15) is 0 Å². The van der Waals surface area contributed by atoms with Gasteiger partial charge in [-0.1, -0.05) is 36.4 Å². The molecule has 1 fully saturated rings. The van der Waals surface area contributed by atoms with Crippen LogP contribution in [-0.4, -0.2) is 48.0 Å². The van der Waals surface area contributed by atoms with Crippen LogP contribution in [0.1, 0.15) is 22.7 Å². The zero-order valence-electron chi connectivity index (χ0n) is 20.6. The largest absolute Gasteiger partial charge is 0.507 e. The number of hydrogen-bond acceptors (Lipinski definition) is 6. The van der Waals surface area contributed by atoms with Crippen LogP contribution >= 0.6 is 0 Å². The normalized spacial score (nSPS) is 16.8. The minimum absolute atomic E-state index is 0.00971. The fraction of sp³-hybridized carbons (Fsp3) is 0.172. The van der Waals surface area contributed by atoms with Gasteiger partial charge in [-0.05, 0) is 41.5 Å². The Balaban J connectivity index is 1.68. The van der Waals surface area contributed by atoms with Crippen molar-refractivity contribution in [1.29, 1.82) is 0 Å². The molecule has 188 valence electrons. The van der Waals surface area contributed by atoms with Crippen LogP contribution < -0.4 is 14.2 Å². The number of amides is 1. The fourth-order valence-electron chi connectivity index (χ4n) is 4.75. The highest BCUT2D eigenvalue weighted by atomic mass is 16.5. The minimum atomic E-state index is -0.851. The summed E-state index contributed by atoms with van der Waals surface area (Å²) < 4.78 is 16.1. The van der Waals surface area contributed by atoms with E-state index in [0.717, 1.165) is 16.5 Å². The van der Waals surface area contributed by atoms with Crippen molar-refractivity contribution < 1.29 is 28.9 Å². The maximum Gasteiger partial charge on any atom is 0.295 e. The zero-order valence-corrected chi connectivity index (χ0v) is 20.6. The molecule has 0 radical (unpaired) electrons. The summed E-state index contributed by atoms with van der Waals surface area (Å²) in [5.41, 5.74) is 2.67. The Morgan fingerprint density at radius 1 is 0.919 bits per heavy atom. The number of aliphatic hydroxyl groups is 1. The number of H-pyrrole nitrogens is 1. The summed E-state index contributed by atoms with van der Waals surface area (Å²) >= 11 is 0. The van der Waals surface area contributed by atoms with E-state index >= 15 is 0 Å². The van der Waals surface area contributed by atoms with Crippen molar-refractivity contribution in [2.75, 3.05) is 21.3 Å². The second kappa shape index (κ2) is 9.73. The molecule has 0 bridgehead atoms. The molecule has 1 saturated heterocycles. The number of methoxy groups -OCH3 is 3. The van der Waals surface area contributed by atoms with Crippen molar-refractivity contribution in [2.24, 2.45) is 0 Å². The monoisotopic (exact) mass is 498 g/mol. The summed E-state index contributed by atoms with van der Waals surface area (Å²) in [6.07, 6.45) is 1.64. The summed E-state index contributed by atoms with van der Waals surface area (Å²) in [6.45, 7) is 0.151. The number of benzene rings is 3. The summed E-state index contributed by atoms with van der Waals surface area (Å²) in [4.78, 5) is 31.4. The quantitative estimate of drug-likeness (QED) is 0.215. The van der Waals surface area contributed by atoms with Gasteiger partial charge in [0.05, 0.1) is 32.9 Å². The van der Waals surface area contributed by atoms with E-state index in [1.54, 1.807) is 43.6 Å². The maximum absolute atomic E-state index is 13.4. The number of para-hydroxylation sites is 1. The van der Waals surface area contributed by atoms with Crippen LogP contribution in [0.2, 0.25) is 0 Å². The Kier molecular flexibility index (Phi) is 6.31. The van der Waals surface area contributed by atoms with Crippen molar-refractivity contribution in [3.05, 3.63) is 95.2 Å². The Bertz CT molecular complexity index is 1520. The molecule has 1 unspecified atom stereocenters. The van der Waals surface area contributed by atoms with Crippen LogP contribution in [0.25, 0.3) is 16.7 Å². The van der Waals surface area contributed by atoms with Gasteiger partial charge in [0, 0.05) is 29.2 Å². The SMILES string of the molecule is COc1ccc(CN2C(=O)C(=O)/C(=C(\O)c3c[nH]c4ccccc34)C2c2ccc(OC)c(OC)c2)cc1. The lowest BCUT2D eigenvalue weighted by Crippen LogP contribution is -2.29. The van der Waals surface area contributed by atoms with Crippen LogP contribution in [0.4, 0.5) is 0 Å². The topological polar surface area (TPSA) is 101 Å². The number of Topliss-reactive ketones (excluding diaryl/α,β-unsaturated/α-hetero) is 1. The molecule has 0 aliphatic carbocycles. The number of aliphatic hydroxyl groups excluding tert-OH is 1. The van der Waals surface area contributed by atoms with Gasteiger partial charge in [-0.3, -0.25) is 9.59 Å². The second-order valence-corrected chi connectivity index (χ2v) is 8.64. The smallest absolute Gasteiger partial charge is 0.295 e. The first-order valence-corrected chi connectivity index (χ1v) is 11.7. The first kappa shape index (κ1) is 24.0. The predicted octanol–water partition coefficient (Wildman–Crippen LogP) is 4.82. The number of fused-ring (bicyclic) bond motifs is 1. The number of aromatic amines is 1. The Morgan fingerprint density at radius 2 is 1.65 bits per heavy atom. The number of likely N-dealkylation sites (tertiary alicyclic amines) is 1. The molecule has 8 heteroatoms. The lowest BCUT2D eigenvalue weighted by atomic mass is 9.94. The zero-order chi connectivity index (χ0) is 26.1. The van der Waals surface area contributed by atoms with Gasteiger partial charge in [0.2, 0.25) is 0 Å². The minimum Gasteiger partial charge on any atom is -0.507 e. The van der Waals surface area contributed by atoms with E-state index in [1.807, 2.05) is 36.4 Å². The Hall–Kier alpha value is -4.72. The number of hydrogen-bond donors (Lipinski definition) is 2. The molecule has 0 spiro atoms. The predicted molar refractivity (Wildman–Crippen MR) is 139 cm³/mol. The van der Waals surface area contributed by atoms with Gasteiger partial charge >= 0.3 is 0 Å². The van der Waals surface area contributed by atoms with E-state index in [9.17, 15) is 14.7 Å². The lowest BCUT2D eigenvalue weighted by molar-refractivity contribution is -0.140. The van der Waals surface area contributed by atoms with E-state index < -0.39 is 17.7 Å². The van der Waals surface area contributed by atoms with Crippen molar-refractivity contribution in [2.45, 2.75) is 12.6 Å². The third kappa shape index (κ3) is 4.16. The van der Waals surface area contributed by atoms with Crippen molar-refractivity contribution in [1.82, 2.24) is 9.88 Å². The number of nitrogens with zero attached hydrogens (tertiary/aromatic N) is 1. The number of aromatic nitrogens is 1. The van der Waals surface area contributed by atoms with Crippen molar-refractivity contribution in [3.63, 3.8) is 0 Å². The summed E-state index contributed by atoms with van der Waals surface area (Å²) in [5.74, 6) is -0.0559. The molecule has 37 heavy (non-hydrogen) atoms. The van der Waals surface area contributed by atoms with Gasteiger partial charge in [-0.25, -0.2) is 0 Å². The first-order chi connectivity index (χ1) is 18.0. The van der Waals surface area contributed by atoms with E-state index in [1.165, 1.54) is 19.1 Å². The standard InChI is InChI=1S/C29H26N2O6/c1-35-19-11-8-17(9-12-19)16-31-26(18-10-13-23(36-2)24(14-18)37-3)25(28(33)29(31)34)27(32)21-15-30-22-7-5-4-6-20(21)22/h4-15,26,30,32H,16H2,1-3H3/b27-25-. The summed E-state index contributed by atoms with van der Waals surface area (Å²) in [7, 11) is 4.63. The van der Waals surface area contributed by atoms with Crippen LogP contribution in [0.5, 0.6) is 17.2 Å². The molecule has 8 nitrogen and oxygen atoms in total. The lowest BCUT2D eigenvalue weighted by Gasteiger charge is -2.26. The van der Waals surface area contributed by atoms with E-state index in [2.05, 4.69) is 4.98 Å². The van der Waals surface area contributed by atoms with Gasteiger partial charge < -0.3 is 29.2 Å². The number of nitrogens with one attached hydrogen (secondary N) is 1. The van der Waals surface area contributed by atoms with Crippen LogP contribution in [-0.2, 0) is 16.1 Å². The number of carbonyl (C=O) groups is 2. The summed E-state index contributed by atoms with van der Waals surface area (Å²) in [6, 6.07) is 19.1. The fourth-order valence-corrected chi connectivity index (χ4v) is 4.75. The summed E-state index contributed by atoms with van der Waals surface area (Å²) in [5, 5.41) is 12.2. The average Bonchev–Trinajstić information content (AvgIpc) is 3.47. The molecule has 4 aromatic rings. The molecule has 1 amide bonds. The maximum atomic E-state index is 13.4. The second-order valence-electron chi connectivity index (χ2n) is 8.64. The molecule has 1 aliphatic rings. The van der Waals surface area contributed by atoms with Crippen molar-refractivity contribution in [3.8, 4) is 17.2 Å². The van der Waals surface area contributed by atoms with Gasteiger partial charge in [-0.15, -0.1) is 0 Å². The van der Waals surface area contributed by atoms with E-state index in [4.69, 9.17) is 14.2 Å². The Morgan fingerprint density at radius 3 is 2.35 bits per heavy atom. The number of ether oxygens (including phenoxy) is 3. The highest BCUT2D eigenvalue weighted by molar-refractivity contribution is 6.46. The average molecular weight is 499 g/mol. The van der Waals surface area contributed by atoms with E-state index in [0.29, 0.717) is 28.4 Å². The van der Waals surface area contributed by atoms with Crippen LogP contribution in [0.3, 0.4) is 0 Å². The van der Waals surface area contributed by atoms with Crippen molar-refractivity contribution >= 4 is 28.4 Å². The number of rotatable bonds is 7. The molecular formula is C29H26N2O6. The molecule has 0 saturated carbocycles. The highest BCUT2D eigenvalue weighted by Gasteiger charge is 2.46. The molecule has 1 aromatic heterocycles. The van der Waals surface area contributed by atoms with Crippen LogP contribution in [0, 0.1) is 0 Å². The molecule has 3 aromatic carbocycles. The Labute approximate surface area is 213 Å². The molecule has 2 heterocycles. The molecule has 1 atom stereocenters. The first-order valence-electron chi connectivity index (χ1n) is 11.7. The third-order valence-corrected chi connectivity index (χ3v) is 6.62. The number of ketones is 1. The number of carbonyl (C=O) groups excluding carboxylic acids is 2. The third-order valence-electron chi connectivity index (χ3n) is 6.62. The highest BCUT2D eigenvalue weighted by Crippen LogP contribution is 2.43. The van der Waals surface area contributed by atoms with Gasteiger partial charge in [0.25, 0.3) is 11.7 Å². The molecular weight excluding hydrogens is 472 g/mol.